The van der Waals surface area contributed by atoms with Gasteiger partial charge in [0.1, 0.15) is 0 Å². The van der Waals surface area contributed by atoms with Crippen LogP contribution in [0, 0.1) is 0 Å². The van der Waals surface area contributed by atoms with Gasteiger partial charge in [0.05, 0.1) is 0 Å². The fraction of sp³-hybridized carbons (Fsp3) is 0.625. The average Bonchev–Trinajstić information content (AvgIpc) is 2.37. The van der Waals surface area contributed by atoms with Gasteiger partial charge in [0.25, 0.3) is 0 Å². The summed E-state index contributed by atoms with van der Waals surface area (Å²) >= 11 is 3.57. The summed E-state index contributed by atoms with van der Waals surface area (Å²) in [5.74, 6) is 0. The van der Waals surface area contributed by atoms with E-state index in [9.17, 15) is 0 Å². The van der Waals surface area contributed by atoms with Crippen LogP contribution in [0.5, 0.6) is 0 Å². The highest BCUT2D eigenvalue weighted by atomic mass is 79.9. The van der Waals surface area contributed by atoms with Gasteiger partial charge in [-0.2, -0.15) is 0 Å². The zero-order valence-electron chi connectivity index (χ0n) is 13.0. The second kappa shape index (κ2) is 8.65. The van der Waals surface area contributed by atoms with E-state index < -0.39 is 0 Å². The molecule has 0 amide bonds. The van der Waals surface area contributed by atoms with E-state index in [-0.39, 0.29) is 6.61 Å². The van der Waals surface area contributed by atoms with Crippen molar-refractivity contribution in [3.8, 4) is 0 Å². The largest absolute Gasteiger partial charge is 0.396 e. The minimum Gasteiger partial charge on any atom is -0.396 e. The molecule has 0 fully saturated rings. The van der Waals surface area contributed by atoms with Crippen molar-refractivity contribution in [3.63, 3.8) is 0 Å². The number of aliphatic hydroxyl groups excluding tert-OH is 1. The van der Waals surface area contributed by atoms with Crippen LogP contribution < -0.4 is 10.2 Å². The van der Waals surface area contributed by atoms with Crippen molar-refractivity contribution >= 4 is 21.6 Å². The van der Waals surface area contributed by atoms with E-state index >= 15 is 0 Å². The Labute approximate surface area is 131 Å². The molecule has 0 saturated heterocycles. The molecule has 0 radical (unpaired) electrons. The van der Waals surface area contributed by atoms with Crippen LogP contribution in [-0.2, 0) is 6.54 Å². The van der Waals surface area contributed by atoms with Crippen LogP contribution in [0.4, 0.5) is 5.69 Å². The topological polar surface area (TPSA) is 35.5 Å². The molecule has 0 aliphatic carbocycles. The van der Waals surface area contributed by atoms with Gasteiger partial charge >= 0.3 is 0 Å². The maximum Gasteiger partial charge on any atom is 0.0447 e. The molecular formula is C16H27BrN2O. The van der Waals surface area contributed by atoms with E-state index in [1.807, 2.05) is 0 Å². The number of hydrogen-bond donors (Lipinski definition) is 2. The van der Waals surface area contributed by atoms with Gasteiger partial charge in [0.15, 0.2) is 0 Å². The average molecular weight is 343 g/mol. The summed E-state index contributed by atoms with van der Waals surface area (Å²) in [7, 11) is 0. The van der Waals surface area contributed by atoms with Gasteiger partial charge in [-0.05, 0) is 38.0 Å². The van der Waals surface area contributed by atoms with Gasteiger partial charge < -0.3 is 15.3 Å². The van der Waals surface area contributed by atoms with Gasteiger partial charge in [-0.15, -0.1) is 0 Å². The molecule has 0 atom stereocenters. The molecule has 0 spiro atoms. The molecule has 0 heterocycles. The molecule has 20 heavy (non-hydrogen) atoms. The number of halogens is 1. The van der Waals surface area contributed by atoms with Gasteiger partial charge in [0.2, 0.25) is 0 Å². The Morgan fingerprint density at radius 2 is 1.95 bits per heavy atom. The molecule has 1 rings (SSSR count). The molecule has 114 valence electrons. The third kappa shape index (κ3) is 5.43. The third-order valence-electron chi connectivity index (χ3n) is 3.24. The Bertz CT molecular complexity index is 407. The van der Waals surface area contributed by atoms with Gasteiger partial charge in [0, 0.05) is 41.9 Å². The zero-order valence-corrected chi connectivity index (χ0v) is 14.6. The normalized spacial score (nSPS) is 11.4. The standard InChI is InChI=1S/C16H27BrN2O/c1-12(2)18-11-14-6-7-15(17)10-16(14)19(13(3)4)8-5-9-20/h6-7,10,12-13,18,20H,5,8-9,11H2,1-4H3. The smallest absolute Gasteiger partial charge is 0.0447 e. The van der Waals surface area contributed by atoms with Crippen molar-refractivity contribution in [2.24, 2.45) is 0 Å². The SMILES string of the molecule is CC(C)NCc1ccc(Br)cc1N(CCCO)C(C)C. The van der Waals surface area contributed by atoms with Crippen LogP contribution in [-0.4, -0.2) is 30.3 Å². The van der Waals surface area contributed by atoms with Crippen molar-refractivity contribution < 1.29 is 5.11 Å². The molecular weight excluding hydrogens is 316 g/mol. The fourth-order valence-corrected chi connectivity index (χ4v) is 2.51. The van der Waals surface area contributed by atoms with Gasteiger partial charge in [-0.3, -0.25) is 0 Å². The molecule has 0 bridgehead atoms. The molecule has 2 N–H and O–H groups in total. The summed E-state index contributed by atoms with van der Waals surface area (Å²) in [6.07, 6.45) is 0.793. The van der Waals surface area contributed by atoms with Gasteiger partial charge in [-0.1, -0.05) is 35.8 Å². The number of hydrogen-bond acceptors (Lipinski definition) is 3. The fourth-order valence-electron chi connectivity index (χ4n) is 2.17. The molecule has 1 aromatic carbocycles. The highest BCUT2D eigenvalue weighted by Gasteiger charge is 2.14. The van der Waals surface area contributed by atoms with Crippen molar-refractivity contribution in [2.45, 2.75) is 52.7 Å². The lowest BCUT2D eigenvalue weighted by Gasteiger charge is -2.31. The second-order valence-electron chi connectivity index (χ2n) is 5.67. The predicted octanol–water partition coefficient (Wildman–Crippen LogP) is 3.54. The summed E-state index contributed by atoms with van der Waals surface area (Å²) in [5.41, 5.74) is 2.55. The summed E-state index contributed by atoms with van der Waals surface area (Å²) in [6.45, 7) is 10.7. The van der Waals surface area contributed by atoms with Crippen molar-refractivity contribution in [2.75, 3.05) is 18.1 Å². The minimum atomic E-state index is 0.233. The highest BCUT2D eigenvalue weighted by Crippen LogP contribution is 2.27. The first kappa shape index (κ1) is 17.5. The van der Waals surface area contributed by atoms with E-state index in [0.717, 1.165) is 24.0 Å². The lowest BCUT2D eigenvalue weighted by Crippen LogP contribution is -2.34. The second-order valence-corrected chi connectivity index (χ2v) is 6.59. The monoisotopic (exact) mass is 342 g/mol. The Morgan fingerprint density at radius 1 is 1.25 bits per heavy atom. The summed E-state index contributed by atoms with van der Waals surface area (Å²) in [4.78, 5) is 2.36. The first-order valence-corrected chi connectivity index (χ1v) is 8.14. The van der Waals surface area contributed by atoms with Crippen LogP contribution in [0.3, 0.4) is 0 Å². The van der Waals surface area contributed by atoms with E-state index in [2.05, 4.69) is 72.0 Å². The molecule has 3 nitrogen and oxygen atoms in total. The molecule has 0 saturated carbocycles. The third-order valence-corrected chi connectivity index (χ3v) is 3.73. The number of aliphatic hydroxyl groups is 1. The lowest BCUT2D eigenvalue weighted by atomic mass is 10.1. The molecule has 4 heteroatoms. The van der Waals surface area contributed by atoms with Crippen LogP contribution >= 0.6 is 15.9 Å². The van der Waals surface area contributed by atoms with Crippen LogP contribution in [0.1, 0.15) is 39.7 Å². The molecule has 0 aromatic heterocycles. The predicted molar refractivity (Wildman–Crippen MR) is 90.3 cm³/mol. The van der Waals surface area contributed by atoms with E-state index in [1.165, 1.54) is 11.3 Å². The van der Waals surface area contributed by atoms with E-state index in [1.54, 1.807) is 0 Å². The maximum absolute atomic E-state index is 9.10. The number of rotatable bonds is 8. The minimum absolute atomic E-state index is 0.233. The summed E-state index contributed by atoms with van der Waals surface area (Å²) in [5, 5.41) is 12.6. The Hall–Kier alpha value is -0.580. The summed E-state index contributed by atoms with van der Waals surface area (Å²) in [6, 6.07) is 7.31. The van der Waals surface area contributed by atoms with Crippen LogP contribution in [0.25, 0.3) is 0 Å². The van der Waals surface area contributed by atoms with Crippen molar-refractivity contribution in [1.82, 2.24) is 5.32 Å². The lowest BCUT2D eigenvalue weighted by molar-refractivity contribution is 0.288. The maximum atomic E-state index is 9.10. The Morgan fingerprint density at radius 3 is 2.50 bits per heavy atom. The Balaban J connectivity index is 3.00. The number of nitrogens with one attached hydrogen (secondary N) is 1. The van der Waals surface area contributed by atoms with Gasteiger partial charge in [-0.25, -0.2) is 0 Å². The summed E-state index contributed by atoms with van der Waals surface area (Å²) < 4.78 is 1.09. The number of nitrogens with zero attached hydrogens (tertiary/aromatic N) is 1. The molecule has 0 aliphatic rings. The van der Waals surface area contributed by atoms with E-state index in [4.69, 9.17) is 5.11 Å². The zero-order chi connectivity index (χ0) is 15.1. The first-order chi connectivity index (χ1) is 9.45. The number of anilines is 1. The quantitative estimate of drug-likeness (QED) is 0.758. The van der Waals surface area contributed by atoms with Crippen molar-refractivity contribution in [3.05, 3.63) is 28.2 Å². The first-order valence-electron chi connectivity index (χ1n) is 7.35. The van der Waals surface area contributed by atoms with Crippen molar-refractivity contribution in [1.29, 1.82) is 0 Å². The highest BCUT2D eigenvalue weighted by molar-refractivity contribution is 9.10. The molecule has 0 aliphatic heterocycles. The Kier molecular flexibility index (Phi) is 7.56. The molecule has 1 aromatic rings. The van der Waals surface area contributed by atoms with E-state index in [0.29, 0.717) is 12.1 Å². The molecule has 0 unspecified atom stereocenters. The van der Waals surface area contributed by atoms with Crippen LogP contribution in [0.2, 0.25) is 0 Å². The number of benzene rings is 1. The van der Waals surface area contributed by atoms with Crippen LogP contribution in [0.15, 0.2) is 22.7 Å².